The number of anilines is 1. The zero-order valence-electron chi connectivity index (χ0n) is 15.7. The third-order valence-corrected chi connectivity index (χ3v) is 5.42. The predicted molar refractivity (Wildman–Crippen MR) is 111 cm³/mol. The molecule has 0 radical (unpaired) electrons. The molecule has 0 bridgehead atoms. The van der Waals surface area contributed by atoms with Crippen LogP contribution in [0.2, 0.25) is 0 Å². The Bertz CT molecular complexity index is 1730. The highest BCUT2D eigenvalue weighted by molar-refractivity contribution is 6.25. The fourth-order valence-electron chi connectivity index (χ4n) is 4.13. The molecule has 6 aromatic rings. The summed E-state index contributed by atoms with van der Waals surface area (Å²) in [5, 5.41) is 1.84. The van der Waals surface area contributed by atoms with E-state index in [1.807, 2.05) is 0 Å². The number of furan rings is 1. The third kappa shape index (κ3) is 2.40. The smallest absolute Gasteiger partial charge is 0.362 e. The van der Waals surface area contributed by atoms with Crippen molar-refractivity contribution in [1.82, 2.24) is 14.5 Å². The normalized spacial score (nSPS) is 11.9. The molecule has 6 rings (SSSR count). The lowest BCUT2D eigenvalue weighted by molar-refractivity contribution is 0.552. The van der Waals surface area contributed by atoms with Crippen LogP contribution >= 0.6 is 0 Å². The van der Waals surface area contributed by atoms with E-state index in [0.29, 0.717) is 21.7 Å². The predicted octanol–water partition coefficient (Wildman–Crippen LogP) is 4.35. The molecule has 2 N–H and O–H groups in total. The van der Waals surface area contributed by atoms with E-state index in [0.717, 1.165) is 6.20 Å². The van der Waals surface area contributed by atoms with Crippen LogP contribution in [0, 0.1) is 11.6 Å². The van der Waals surface area contributed by atoms with Crippen molar-refractivity contribution in [3.05, 3.63) is 76.6 Å². The van der Waals surface area contributed by atoms with Gasteiger partial charge in [-0.3, -0.25) is 0 Å². The molecular weight excluding hydrogens is 406 g/mol. The Balaban J connectivity index is 1.85. The van der Waals surface area contributed by atoms with E-state index >= 15 is 0 Å². The van der Waals surface area contributed by atoms with Gasteiger partial charge in [0.2, 0.25) is 5.71 Å². The number of pyridine rings is 2. The van der Waals surface area contributed by atoms with E-state index in [4.69, 9.17) is 14.6 Å². The first-order valence-corrected chi connectivity index (χ1v) is 9.32. The average Bonchev–Trinajstić information content (AvgIpc) is 3.35. The first-order valence-electron chi connectivity index (χ1n) is 9.32. The fraction of sp³-hybridized carbons (Fsp3) is 0.0455. The van der Waals surface area contributed by atoms with Crippen molar-refractivity contribution in [2.45, 2.75) is 6.54 Å². The van der Waals surface area contributed by atoms with Gasteiger partial charge in [-0.05, 0) is 30.3 Å². The summed E-state index contributed by atoms with van der Waals surface area (Å²) in [5.74, 6) is -1.00. The second-order valence-corrected chi connectivity index (χ2v) is 7.17. The maximum atomic E-state index is 14.9. The number of aromatic nitrogens is 3. The Labute approximate surface area is 171 Å². The summed E-state index contributed by atoms with van der Waals surface area (Å²) in [6.45, 7) is -0.0965. The molecule has 0 unspecified atom stereocenters. The maximum absolute atomic E-state index is 14.9. The van der Waals surface area contributed by atoms with Crippen molar-refractivity contribution in [3.8, 4) is 0 Å². The number of hydrogen-bond acceptors (Lipinski definition) is 6. The van der Waals surface area contributed by atoms with Gasteiger partial charge in [-0.15, -0.1) is 0 Å². The van der Waals surface area contributed by atoms with Crippen LogP contribution in [0.4, 0.5) is 14.6 Å². The Hall–Kier alpha value is -4.27. The number of hydrogen-bond donors (Lipinski definition) is 1. The van der Waals surface area contributed by atoms with Gasteiger partial charge in [-0.25, -0.2) is 23.5 Å². The largest absolute Gasteiger partial charge is 0.463 e. The molecule has 5 heterocycles. The lowest BCUT2D eigenvalue weighted by Crippen LogP contribution is -2.10. The molecule has 9 heteroatoms. The number of nitrogens with two attached hydrogens (primary N) is 1. The second-order valence-electron chi connectivity index (χ2n) is 7.17. The highest BCUT2D eigenvalue weighted by Gasteiger charge is 2.24. The summed E-state index contributed by atoms with van der Waals surface area (Å²) < 4.78 is 41.9. The molecular formula is C22H12F2N4O3. The molecule has 0 fully saturated rings. The summed E-state index contributed by atoms with van der Waals surface area (Å²) in [4.78, 5) is 20.9. The van der Waals surface area contributed by atoms with Gasteiger partial charge >= 0.3 is 5.63 Å². The van der Waals surface area contributed by atoms with E-state index in [9.17, 15) is 13.6 Å². The maximum Gasteiger partial charge on any atom is 0.362 e. The van der Waals surface area contributed by atoms with Gasteiger partial charge in [0.25, 0.3) is 0 Å². The third-order valence-electron chi connectivity index (χ3n) is 5.42. The summed E-state index contributed by atoms with van der Waals surface area (Å²) in [7, 11) is 0. The topological polar surface area (TPSA) is 100 Å². The molecule has 0 atom stereocenters. The highest BCUT2D eigenvalue weighted by atomic mass is 19.1. The summed E-state index contributed by atoms with van der Waals surface area (Å²) in [6.07, 6.45) is 3.89. The minimum absolute atomic E-state index is 0.0965. The molecule has 152 valence electrons. The summed E-state index contributed by atoms with van der Waals surface area (Å²) in [5.41, 5.74) is 6.16. The van der Waals surface area contributed by atoms with Gasteiger partial charge in [-0.1, -0.05) is 0 Å². The molecule has 0 saturated heterocycles. The quantitative estimate of drug-likeness (QED) is 0.449. The monoisotopic (exact) mass is 418 g/mol. The Morgan fingerprint density at radius 2 is 1.94 bits per heavy atom. The molecule has 0 spiro atoms. The second kappa shape index (κ2) is 6.11. The van der Waals surface area contributed by atoms with Crippen molar-refractivity contribution >= 4 is 49.7 Å². The number of nitrogens with zero attached hydrogens (tertiary/aromatic N) is 3. The van der Waals surface area contributed by atoms with Crippen molar-refractivity contribution < 1.29 is 17.6 Å². The molecule has 0 saturated carbocycles. The highest BCUT2D eigenvalue weighted by Crippen LogP contribution is 2.39. The zero-order valence-corrected chi connectivity index (χ0v) is 15.7. The van der Waals surface area contributed by atoms with Crippen molar-refractivity contribution in [2.75, 3.05) is 5.73 Å². The van der Waals surface area contributed by atoms with Gasteiger partial charge in [-0.2, -0.15) is 0 Å². The summed E-state index contributed by atoms with van der Waals surface area (Å²) >= 11 is 0. The average molecular weight is 418 g/mol. The minimum Gasteiger partial charge on any atom is -0.463 e. The van der Waals surface area contributed by atoms with Crippen LogP contribution in [0.5, 0.6) is 0 Å². The Kier molecular flexibility index (Phi) is 3.47. The molecule has 0 aliphatic heterocycles. The number of halogens is 2. The van der Waals surface area contributed by atoms with Gasteiger partial charge in [0, 0.05) is 22.5 Å². The molecule has 7 nitrogen and oxygen atoms in total. The van der Waals surface area contributed by atoms with Crippen molar-refractivity contribution in [3.63, 3.8) is 0 Å². The van der Waals surface area contributed by atoms with Crippen LogP contribution in [0.1, 0.15) is 5.56 Å². The molecule has 1 aromatic carbocycles. The molecule has 31 heavy (non-hydrogen) atoms. The van der Waals surface area contributed by atoms with E-state index in [1.165, 1.54) is 35.2 Å². The first kappa shape index (κ1) is 17.6. The molecule has 0 amide bonds. The standard InChI is InChI=1S/C22H12F2N4O3/c23-13-7-15-18(20-11(13)3-5-30-20)17-12-2-1-4-26-21(12)31-22(29)19(17)28(15)9-10-6-16(25)27-8-14(10)24/h1-8H,9H2,(H2,25,27). The molecule has 0 aliphatic carbocycles. The van der Waals surface area contributed by atoms with Crippen molar-refractivity contribution in [1.29, 1.82) is 0 Å². The number of nitrogen functional groups attached to an aromatic ring is 1. The van der Waals surface area contributed by atoms with Crippen LogP contribution in [0.3, 0.4) is 0 Å². The Morgan fingerprint density at radius 1 is 1.06 bits per heavy atom. The van der Waals surface area contributed by atoms with E-state index in [1.54, 1.807) is 12.1 Å². The van der Waals surface area contributed by atoms with Gasteiger partial charge in [0.05, 0.1) is 35.3 Å². The molecule has 5 aromatic heterocycles. The first-order chi connectivity index (χ1) is 15.0. The SMILES string of the molecule is Nc1cc(Cn2c3cc(F)c4ccoc4c3c3c4cccnc4oc(=O)c32)c(F)cn1. The van der Waals surface area contributed by atoms with E-state index in [-0.39, 0.29) is 40.1 Å². The van der Waals surface area contributed by atoms with Gasteiger partial charge in [0.15, 0.2) is 0 Å². The zero-order chi connectivity index (χ0) is 21.3. The fourth-order valence-corrected chi connectivity index (χ4v) is 4.13. The number of benzene rings is 1. The van der Waals surface area contributed by atoms with Crippen LogP contribution < -0.4 is 11.4 Å². The van der Waals surface area contributed by atoms with Crippen LogP contribution in [-0.2, 0) is 6.54 Å². The van der Waals surface area contributed by atoms with E-state index < -0.39 is 17.3 Å². The number of fused-ring (bicyclic) bond motifs is 7. The number of rotatable bonds is 2. The van der Waals surface area contributed by atoms with Gasteiger partial charge < -0.3 is 19.1 Å². The van der Waals surface area contributed by atoms with Crippen LogP contribution in [0.25, 0.3) is 43.9 Å². The van der Waals surface area contributed by atoms with E-state index in [2.05, 4.69) is 9.97 Å². The lowest BCUT2D eigenvalue weighted by atomic mass is 10.1. The van der Waals surface area contributed by atoms with Gasteiger partial charge in [0.1, 0.15) is 28.6 Å². The summed E-state index contributed by atoms with van der Waals surface area (Å²) in [6, 6.07) is 7.65. The van der Waals surface area contributed by atoms with Crippen molar-refractivity contribution in [2.24, 2.45) is 0 Å². The minimum atomic E-state index is -0.681. The lowest BCUT2D eigenvalue weighted by Gasteiger charge is -2.09. The van der Waals surface area contributed by atoms with Crippen LogP contribution in [-0.4, -0.2) is 14.5 Å². The Morgan fingerprint density at radius 3 is 2.81 bits per heavy atom. The molecule has 0 aliphatic rings. The van der Waals surface area contributed by atoms with Crippen LogP contribution in [0.15, 0.2) is 62.6 Å².